The Morgan fingerprint density at radius 1 is 0.690 bits per heavy atom. The number of aliphatic hydroxyl groups excluding tert-OH is 1. The van der Waals surface area contributed by atoms with Gasteiger partial charge in [-0.05, 0) is 59.8 Å². The van der Waals surface area contributed by atoms with Crippen molar-refractivity contribution in [2.24, 2.45) is 0 Å². The van der Waals surface area contributed by atoms with Crippen LogP contribution in [0.1, 0.15) is 126 Å². The van der Waals surface area contributed by atoms with Gasteiger partial charge in [0.25, 0.3) is 0 Å². The molecule has 0 bridgehead atoms. The Morgan fingerprint density at radius 3 is 1.33 bits per heavy atom. The van der Waals surface area contributed by atoms with Crippen molar-refractivity contribution in [2.45, 2.75) is 145 Å². The molecule has 1 atom stereocenters. The number of carbonyl (C=O) groups is 1. The first-order valence-corrected chi connectivity index (χ1v) is 16.4. The zero-order chi connectivity index (χ0) is 32.6. The van der Waals surface area contributed by atoms with Crippen LogP contribution >= 0.6 is 23.5 Å². The average Bonchev–Trinajstić information content (AvgIpc) is 2.77. The minimum atomic E-state index is -1.45. The highest BCUT2D eigenvalue weighted by Gasteiger charge is 2.32. The molecule has 3 N–H and O–H groups in total. The predicted molar refractivity (Wildman–Crippen MR) is 179 cm³/mol. The molecule has 42 heavy (non-hydrogen) atoms. The molecule has 0 aliphatic heterocycles. The molecule has 5 nitrogen and oxygen atoms in total. The van der Waals surface area contributed by atoms with Crippen LogP contribution in [-0.2, 0) is 26.5 Å². The fourth-order valence-electron chi connectivity index (χ4n) is 4.73. The van der Waals surface area contributed by atoms with E-state index in [1.165, 1.54) is 0 Å². The molecule has 0 saturated heterocycles. The van der Waals surface area contributed by atoms with Gasteiger partial charge in [0.15, 0.2) is 6.10 Å². The molecule has 0 spiro atoms. The third-order valence-corrected chi connectivity index (χ3v) is 9.45. The number of hydrogen-bond acceptors (Lipinski definition) is 6. The molecule has 7 heteroatoms. The van der Waals surface area contributed by atoms with Crippen LogP contribution in [0.15, 0.2) is 34.1 Å². The second-order valence-corrected chi connectivity index (χ2v) is 19.5. The summed E-state index contributed by atoms with van der Waals surface area (Å²) < 4.78 is 6.03. The third kappa shape index (κ3) is 9.59. The lowest BCUT2D eigenvalue weighted by Gasteiger charge is -2.32. The van der Waals surface area contributed by atoms with Gasteiger partial charge in [0.05, 0.1) is 10.7 Å². The number of phenolic OH excluding ortho intramolecular Hbond substituents is 1. The third-order valence-electron chi connectivity index (χ3n) is 7.03. The summed E-state index contributed by atoms with van der Waals surface area (Å²) in [7, 11) is 0. The fraction of sp³-hybridized carbons (Fsp3) is 0.629. The molecule has 2 rings (SSSR count). The van der Waals surface area contributed by atoms with Gasteiger partial charge in [-0.2, -0.15) is 0 Å². The van der Waals surface area contributed by atoms with Gasteiger partial charge in [0.2, 0.25) is 0 Å². The van der Waals surface area contributed by atoms with E-state index in [4.69, 9.17) is 9.84 Å². The number of thioether (sulfide) groups is 2. The first kappa shape index (κ1) is 36.4. The zero-order valence-electron chi connectivity index (χ0n) is 28.3. The molecule has 236 valence electrons. The van der Waals surface area contributed by atoms with E-state index in [-0.39, 0.29) is 38.8 Å². The minimum Gasteiger partial charge on any atom is -0.507 e. The second-order valence-electron chi connectivity index (χ2n) is 15.8. The number of carboxylic acids is 1. The van der Waals surface area contributed by atoms with Crippen molar-refractivity contribution in [3.05, 3.63) is 46.5 Å². The number of aliphatic hydroxyl groups is 1. The molecular formula is C35H54O5S2. The molecular weight excluding hydrogens is 565 g/mol. The molecule has 0 amide bonds. The Balaban J connectivity index is 2.57. The molecule has 0 fully saturated rings. The van der Waals surface area contributed by atoms with Crippen LogP contribution in [-0.4, -0.2) is 38.1 Å². The molecule has 0 aliphatic rings. The molecule has 0 radical (unpaired) electrons. The van der Waals surface area contributed by atoms with E-state index in [9.17, 15) is 15.0 Å². The Morgan fingerprint density at radius 2 is 1.02 bits per heavy atom. The number of rotatable bonds is 9. The molecule has 0 aliphatic carbocycles. The van der Waals surface area contributed by atoms with Crippen molar-refractivity contribution >= 4 is 29.5 Å². The Kier molecular flexibility index (Phi) is 11.0. The fourth-order valence-corrected chi connectivity index (χ4v) is 7.31. The predicted octanol–water partition coefficient (Wildman–Crippen LogP) is 9.42. The standard InChI is InChI=1S/C35H54O5S2/c1-31(2,3)23-17-21(18-24(28(23)37)32(4,5)6)41-35(13,14)42-22-19-25(33(7,8)9)29(26(20-22)34(10,11)12)40-16-15-27(36)30(38)39/h17-20,27,36-37H,15-16H2,1-14H3,(H,38,39). The quantitative estimate of drug-likeness (QED) is 0.191. The smallest absolute Gasteiger partial charge is 0.332 e. The van der Waals surface area contributed by atoms with Gasteiger partial charge in [0.1, 0.15) is 11.5 Å². The SMILES string of the molecule is CC(C)(Sc1cc(C(C)(C)C)c(O)c(C(C)(C)C)c1)Sc1cc(C(C)(C)C)c(OCCC(O)C(=O)O)c(C(C)(C)C)c1. The van der Waals surface area contributed by atoms with Crippen molar-refractivity contribution in [3.63, 3.8) is 0 Å². The van der Waals surface area contributed by atoms with Gasteiger partial charge in [0, 0.05) is 38.5 Å². The first-order valence-electron chi connectivity index (χ1n) is 14.7. The van der Waals surface area contributed by atoms with Crippen LogP contribution in [0.3, 0.4) is 0 Å². The Hall–Kier alpha value is -1.83. The Bertz CT molecular complexity index is 1200. The largest absolute Gasteiger partial charge is 0.507 e. The summed E-state index contributed by atoms with van der Waals surface area (Å²) in [5, 5.41) is 30.1. The highest BCUT2D eigenvalue weighted by molar-refractivity contribution is 8.18. The number of ether oxygens (including phenoxy) is 1. The van der Waals surface area contributed by atoms with Crippen molar-refractivity contribution in [1.29, 1.82) is 0 Å². The first-order chi connectivity index (χ1) is 18.7. The maximum Gasteiger partial charge on any atom is 0.332 e. The van der Waals surface area contributed by atoms with Gasteiger partial charge in [-0.25, -0.2) is 4.79 Å². The number of hydrogen-bond donors (Lipinski definition) is 3. The molecule has 0 heterocycles. The summed E-state index contributed by atoms with van der Waals surface area (Å²) in [5.41, 5.74) is 3.17. The van der Waals surface area contributed by atoms with Gasteiger partial charge in [-0.1, -0.05) is 83.1 Å². The van der Waals surface area contributed by atoms with E-state index >= 15 is 0 Å². The van der Waals surface area contributed by atoms with E-state index in [0.717, 1.165) is 37.8 Å². The van der Waals surface area contributed by atoms with Crippen LogP contribution in [0.2, 0.25) is 0 Å². The molecule has 0 aromatic heterocycles. The number of carboxylic acid groups (broad SMARTS) is 1. The molecule has 2 aromatic carbocycles. The number of aliphatic carboxylic acids is 1. The number of phenols is 1. The molecule has 0 saturated carbocycles. The van der Waals surface area contributed by atoms with E-state index < -0.39 is 12.1 Å². The van der Waals surface area contributed by atoms with Crippen molar-refractivity contribution in [3.8, 4) is 11.5 Å². The Labute approximate surface area is 263 Å². The summed E-state index contributed by atoms with van der Waals surface area (Å²) in [5.74, 6) is -0.0819. The minimum absolute atomic E-state index is 0.0163. The summed E-state index contributed by atoms with van der Waals surface area (Å²) in [6, 6.07) is 8.68. The summed E-state index contributed by atoms with van der Waals surface area (Å²) >= 11 is 3.60. The monoisotopic (exact) mass is 618 g/mol. The van der Waals surface area contributed by atoms with Crippen LogP contribution in [0.4, 0.5) is 0 Å². The lowest BCUT2D eigenvalue weighted by atomic mass is 9.79. The van der Waals surface area contributed by atoms with Crippen molar-refractivity contribution in [1.82, 2.24) is 0 Å². The lowest BCUT2D eigenvalue weighted by molar-refractivity contribution is -0.147. The maximum absolute atomic E-state index is 11.2. The van der Waals surface area contributed by atoms with Crippen molar-refractivity contribution in [2.75, 3.05) is 6.61 Å². The van der Waals surface area contributed by atoms with E-state index in [0.29, 0.717) is 5.75 Å². The average molecular weight is 619 g/mol. The normalized spacial score (nSPS) is 14.2. The summed E-state index contributed by atoms with van der Waals surface area (Å²) in [6.07, 6.45) is -1.44. The van der Waals surface area contributed by atoms with E-state index in [1.807, 2.05) is 0 Å². The van der Waals surface area contributed by atoms with E-state index in [1.54, 1.807) is 23.5 Å². The molecule has 1 unspecified atom stereocenters. The zero-order valence-corrected chi connectivity index (χ0v) is 29.9. The highest BCUT2D eigenvalue weighted by Crippen LogP contribution is 2.51. The van der Waals surface area contributed by atoms with Gasteiger partial charge in [-0.3, -0.25) is 0 Å². The topological polar surface area (TPSA) is 87.0 Å². The van der Waals surface area contributed by atoms with Gasteiger partial charge >= 0.3 is 5.97 Å². The number of aromatic hydroxyl groups is 1. The van der Waals surface area contributed by atoms with Gasteiger partial charge < -0.3 is 20.1 Å². The highest BCUT2D eigenvalue weighted by atomic mass is 32.2. The summed E-state index contributed by atoms with van der Waals surface area (Å²) in [6.45, 7) is 30.3. The maximum atomic E-state index is 11.2. The van der Waals surface area contributed by atoms with Crippen molar-refractivity contribution < 1.29 is 24.9 Å². The van der Waals surface area contributed by atoms with E-state index in [2.05, 4.69) is 121 Å². The number of benzene rings is 2. The lowest BCUT2D eigenvalue weighted by Crippen LogP contribution is -2.24. The van der Waals surface area contributed by atoms with Crippen LogP contribution in [0, 0.1) is 0 Å². The second kappa shape index (κ2) is 12.6. The van der Waals surface area contributed by atoms with Crippen LogP contribution < -0.4 is 4.74 Å². The van der Waals surface area contributed by atoms with Crippen LogP contribution in [0.5, 0.6) is 11.5 Å². The van der Waals surface area contributed by atoms with Crippen LogP contribution in [0.25, 0.3) is 0 Å². The summed E-state index contributed by atoms with van der Waals surface area (Å²) in [4.78, 5) is 13.4. The molecule has 2 aromatic rings. The van der Waals surface area contributed by atoms with Gasteiger partial charge in [-0.15, -0.1) is 23.5 Å².